The van der Waals surface area contributed by atoms with Crippen molar-refractivity contribution in [3.8, 4) is 0 Å². The summed E-state index contributed by atoms with van der Waals surface area (Å²) < 4.78 is 10.4. The van der Waals surface area contributed by atoms with Gasteiger partial charge in [-0.2, -0.15) is 0 Å². The molecular formula is C15H27N3O2S. The number of fused-ring (bicyclic) bond motifs is 1. The Morgan fingerprint density at radius 1 is 1.29 bits per heavy atom. The first-order valence-electron chi connectivity index (χ1n) is 7.76. The molecule has 0 saturated heterocycles. The molecule has 21 heavy (non-hydrogen) atoms. The second kappa shape index (κ2) is 8.68. The van der Waals surface area contributed by atoms with Crippen LogP contribution in [0.1, 0.15) is 36.4 Å². The molecule has 1 atom stereocenters. The molecule has 1 aromatic rings. The number of thiazole rings is 1. The summed E-state index contributed by atoms with van der Waals surface area (Å²) in [5.41, 5.74) is 1.27. The largest absolute Gasteiger partial charge is 0.383 e. The third kappa shape index (κ3) is 4.39. The maximum Gasteiger partial charge on any atom is 0.185 e. The van der Waals surface area contributed by atoms with E-state index in [1.165, 1.54) is 23.4 Å². The maximum absolute atomic E-state index is 5.22. The van der Waals surface area contributed by atoms with Crippen LogP contribution in [0.25, 0.3) is 0 Å². The summed E-state index contributed by atoms with van der Waals surface area (Å²) in [7, 11) is 3.48. The lowest BCUT2D eigenvalue weighted by atomic mass is 9.98. The van der Waals surface area contributed by atoms with Gasteiger partial charge in [0.05, 0.1) is 24.9 Å². The summed E-state index contributed by atoms with van der Waals surface area (Å²) in [5.74, 6) is 0. The normalized spacial score (nSPS) is 17.8. The lowest BCUT2D eigenvalue weighted by molar-refractivity contribution is 0.190. The van der Waals surface area contributed by atoms with E-state index in [9.17, 15) is 0 Å². The SMILES string of the molecule is CCNC1CCCc2sc(N(CCOC)CCOC)nc21. The summed E-state index contributed by atoms with van der Waals surface area (Å²) in [6, 6.07) is 0.426. The van der Waals surface area contributed by atoms with E-state index in [0.717, 1.165) is 31.2 Å². The molecule has 1 N–H and O–H groups in total. The van der Waals surface area contributed by atoms with Gasteiger partial charge in [-0.3, -0.25) is 0 Å². The molecule has 1 aromatic heterocycles. The van der Waals surface area contributed by atoms with Crippen LogP contribution in [0.4, 0.5) is 5.13 Å². The van der Waals surface area contributed by atoms with Gasteiger partial charge >= 0.3 is 0 Å². The smallest absolute Gasteiger partial charge is 0.185 e. The Morgan fingerprint density at radius 3 is 2.62 bits per heavy atom. The van der Waals surface area contributed by atoms with Crippen molar-refractivity contribution in [3.05, 3.63) is 10.6 Å². The lowest BCUT2D eigenvalue weighted by Gasteiger charge is -2.22. The molecule has 0 bridgehead atoms. The quantitative estimate of drug-likeness (QED) is 0.757. The van der Waals surface area contributed by atoms with E-state index < -0.39 is 0 Å². The van der Waals surface area contributed by atoms with Crippen molar-refractivity contribution in [2.75, 3.05) is 52.0 Å². The third-order valence-corrected chi connectivity index (χ3v) is 4.99. The number of aryl methyl sites for hydroxylation is 1. The predicted molar refractivity (Wildman–Crippen MR) is 87.4 cm³/mol. The second-order valence-corrected chi connectivity index (χ2v) is 6.34. The molecule has 5 nitrogen and oxygen atoms in total. The number of nitrogens with zero attached hydrogens (tertiary/aromatic N) is 2. The minimum atomic E-state index is 0.426. The number of ether oxygens (including phenoxy) is 2. The van der Waals surface area contributed by atoms with E-state index >= 15 is 0 Å². The molecule has 0 fully saturated rings. The Morgan fingerprint density at radius 2 is 2.00 bits per heavy atom. The minimum absolute atomic E-state index is 0.426. The summed E-state index contributed by atoms with van der Waals surface area (Å²) in [4.78, 5) is 8.65. The van der Waals surface area contributed by atoms with Crippen LogP contribution in [0.3, 0.4) is 0 Å². The molecule has 0 aliphatic heterocycles. The van der Waals surface area contributed by atoms with Crippen LogP contribution in [0.2, 0.25) is 0 Å². The fourth-order valence-corrected chi connectivity index (χ4v) is 3.91. The van der Waals surface area contributed by atoms with Crippen LogP contribution in [0.5, 0.6) is 0 Å². The summed E-state index contributed by atoms with van der Waals surface area (Å²) in [6.07, 6.45) is 3.61. The topological polar surface area (TPSA) is 46.6 Å². The number of hydrogen-bond acceptors (Lipinski definition) is 6. The van der Waals surface area contributed by atoms with Gasteiger partial charge in [-0.25, -0.2) is 4.98 Å². The van der Waals surface area contributed by atoms with Crippen molar-refractivity contribution < 1.29 is 9.47 Å². The highest BCUT2D eigenvalue weighted by molar-refractivity contribution is 7.15. The highest BCUT2D eigenvalue weighted by Gasteiger charge is 2.25. The minimum Gasteiger partial charge on any atom is -0.383 e. The molecule has 0 spiro atoms. The Labute approximate surface area is 131 Å². The van der Waals surface area contributed by atoms with E-state index in [1.807, 2.05) is 11.3 Å². The summed E-state index contributed by atoms with van der Waals surface area (Å²) in [6.45, 7) is 6.30. The van der Waals surface area contributed by atoms with Crippen molar-refractivity contribution in [2.24, 2.45) is 0 Å². The molecule has 6 heteroatoms. The average molecular weight is 313 g/mol. The first kappa shape index (κ1) is 16.7. The fourth-order valence-electron chi connectivity index (χ4n) is 2.69. The Kier molecular flexibility index (Phi) is 6.89. The van der Waals surface area contributed by atoms with Crippen molar-refractivity contribution in [2.45, 2.75) is 32.2 Å². The lowest BCUT2D eigenvalue weighted by Crippen LogP contribution is -2.30. The van der Waals surface area contributed by atoms with Gasteiger partial charge in [0, 0.05) is 32.2 Å². The van der Waals surface area contributed by atoms with Crippen LogP contribution >= 0.6 is 11.3 Å². The summed E-state index contributed by atoms with van der Waals surface area (Å²) >= 11 is 1.84. The molecule has 120 valence electrons. The van der Waals surface area contributed by atoms with E-state index in [4.69, 9.17) is 14.5 Å². The Balaban J connectivity index is 2.13. The Bertz CT molecular complexity index is 417. The molecule has 0 radical (unpaired) electrons. The van der Waals surface area contributed by atoms with E-state index in [1.54, 1.807) is 14.2 Å². The van der Waals surface area contributed by atoms with Crippen LogP contribution in [0, 0.1) is 0 Å². The van der Waals surface area contributed by atoms with E-state index in [-0.39, 0.29) is 0 Å². The number of anilines is 1. The van der Waals surface area contributed by atoms with Crippen LogP contribution in [-0.2, 0) is 15.9 Å². The molecule has 1 unspecified atom stereocenters. The van der Waals surface area contributed by atoms with Gasteiger partial charge in [-0.05, 0) is 25.8 Å². The van der Waals surface area contributed by atoms with Crippen molar-refractivity contribution in [1.82, 2.24) is 10.3 Å². The van der Waals surface area contributed by atoms with Crippen molar-refractivity contribution in [1.29, 1.82) is 0 Å². The first-order chi connectivity index (χ1) is 10.3. The van der Waals surface area contributed by atoms with Gasteiger partial charge < -0.3 is 19.7 Å². The van der Waals surface area contributed by atoms with Gasteiger partial charge in [-0.15, -0.1) is 11.3 Å². The maximum atomic E-state index is 5.22. The first-order valence-corrected chi connectivity index (χ1v) is 8.57. The van der Waals surface area contributed by atoms with Crippen LogP contribution < -0.4 is 10.2 Å². The molecular weight excluding hydrogens is 286 g/mol. The number of aromatic nitrogens is 1. The highest BCUT2D eigenvalue weighted by Crippen LogP contribution is 2.36. The molecule has 0 amide bonds. The standard InChI is InChI=1S/C15H27N3O2S/c1-4-16-12-6-5-7-13-14(12)17-15(21-13)18(8-10-19-2)9-11-20-3/h12,16H,4-11H2,1-3H3. The number of hydrogen-bond donors (Lipinski definition) is 1. The molecule has 1 heterocycles. The number of methoxy groups -OCH3 is 2. The monoisotopic (exact) mass is 313 g/mol. The van der Waals surface area contributed by atoms with Gasteiger partial charge in [0.1, 0.15) is 0 Å². The van der Waals surface area contributed by atoms with Crippen LogP contribution in [-0.4, -0.2) is 52.1 Å². The molecule has 1 aliphatic rings. The van der Waals surface area contributed by atoms with Gasteiger partial charge in [0.25, 0.3) is 0 Å². The average Bonchev–Trinajstić information content (AvgIpc) is 2.93. The summed E-state index contributed by atoms with van der Waals surface area (Å²) in [5, 5.41) is 4.67. The van der Waals surface area contributed by atoms with E-state index in [0.29, 0.717) is 19.3 Å². The van der Waals surface area contributed by atoms with E-state index in [2.05, 4.69) is 17.1 Å². The molecule has 0 aromatic carbocycles. The fraction of sp³-hybridized carbons (Fsp3) is 0.800. The number of nitrogens with one attached hydrogen (secondary N) is 1. The van der Waals surface area contributed by atoms with Crippen LogP contribution in [0.15, 0.2) is 0 Å². The highest BCUT2D eigenvalue weighted by atomic mass is 32.1. The van der Waals surface area contributed by atoms with Gasteiger partial charge in [0.2, 0.25) is 0 Å². The van der Waals surface area contributed by atoms with Crippen molar-refractivity contribution in [3.63, 3.8) is 0 Å². The molecule has 1 aliphatic carbocycles. The van der Waals surface area contributed by atoms with Gasteiger partial charge in [0.15, 0.2) is 5.13 Å². The zero-order valence-electron chi connectivity index (χ0n) is 13.4. The second-order valence-electron chi connectivity index (χ2n) is 5.28. The zero-order valence-corrected chi connectivity index (χ0v) is 14.2. The molecule has 2 rings (SSSR count). The Hall–Kier alpha value is -0.690. The zero-order chi connectivity index (χ0) is 15.1. The third-order valence-electron chi connectivity index (χ3n) is 3.79. The number of rotatable bonds is 9. The van der Waals surface area contributed by atoms with Gasteiger partial charge in [-0.1, -0.05) is 6.92 Å². The van der Waals surface area contributed by atoms with Crippen molar-refractivity contribution >= 4 is 16.5 Å². The predicted octanol–water partition coefficient (Wildman–Crippen LogP) is 2.23. The molecule has 0 saturated carbocycles.